The van der Waals surface area contributed by atoms with Crippen molar-refractivity contribution in [2.45, 2.75) is 20.3 Å². The smallest absolute Gasteiger partial charge is 0.124 e. The molecule has 0 fully saturated rings. The first-order valence-electron chi connectivity index (χ1n) is 4.49. The molecule has 1 nitrogen and oxygen atoms in total. The van der Waals surface area contributed by atoms with Gasteiger partial charge in [0.2, 0.25) is 0 Å². The summed E-state index contributed by atoms with van der Waals surface area (Å²) in [7, 11) is 0. The average molecular weight is 217 g/mol. The third kappa shape index (κ3) is 2.96. The normalized spacial score (nSPS) is 11.8. The van der Waals surface area contributed by atoms with Gasteiger partial charge in [-0.3, -0.25) is 0 Å². The van der Waals surface area contributed by atoms with Crippen molar-refractivity contribution in [1.82, 2.24) is 0 Å². The average Bonchev–Trinajstić information content (AvgIpc) is 2.10. The number of aliphatic hydroxyl groups excluding tert-OH is 1. The summed E-state index contributed by atoms with van der Waals surface area (Å²) >= 11 is 5.87. The zero-order valence-electron chi connectivity index (χ0n) is 8.35. The molecule has 0 heterocycles. The maximum atomic E-state index is 12.7. The Morgan fingerprint density at radius 2 is 2.07 bits per heavy atom. The van der Waals surface area contributed by atoms with Gasteiger partial charge in [0.25, 0.3) is 0 Å². The maximum Gasteiger partial charge on any atom is 0.124 e. The predicted molar refractivity (Wildman–Crippen MR) is 56.0 cm³/mol. The van der Waals surface area contributed by atoms with Crippen LogP contribution in [0.15, 0.2) is 18.2 Å². The Kier molecular flexibility index (Phi) is 3.51. The number of hydrogen-bond donors (Lipinski definition) is 1. The van der Waals surface area contributed by atoms with E-state index in [1.54, 1.807) is 6.07 Å². The molecule has 0 aliphatic carbocycles. The molecule has 1 rings (SSSR count). The van der Waals surface area contributed by atoms with E-state index in [9.17, 15) is 4.39 Å². The first kappa shape index (κ1) is 11.5. The molecule has 1 aromatic rings. The highest BCUT2D eigenvalue weighted by atomic mass is 35.5. The van der Waals surface area contributed by atoms with Crippen molar-refractivity contribution in [1.29, 1.82) is 0 Å². The van der Waals surface area contributed by atoms with Crippen molar-refractivity contribution in [3.63, 3.8) is 0 Å². The van der Waals surface area contributed by atoms with E-state index >= 15 is 0 Å². The molecule has 0 radical (unpaired) electrons. The van der Waals surface area contributed by atoms with Crippen LogP contribution in [-0.4, -0.2) is 11.7 Å². The summed E-state index contributed by atoms with van der Waals surface area (Å²) in [6.45, 7) is 3.96. The molecule has 0 atom stereocenters. The minimum atomic E-state index is -0.333. The standard InChI is InChI=1S/C11H14ClFO/c1-11(2,7-14)6-8-3-4-9(13)5-10(8)12/h3-5,14H,6-7H2,1-2H3. The molecule has 14 heavy (non-hydrogen) atoms. The number of hydrogen-bond acceptors (Lipinski definition) is 1. The van der Waals surface area contributed by atoms with E-state index in [-0.39, 0.29) is 17.8 Å². The van der Waals surface area contributed by atoms with Crippen molar-refractivity contribution < 1.29 is 9.50 Å². The van der Waals surface area contributed by atoms with Crippen molar-refractivity contribution in [2.75, 3.05) is 6.61 Å². The monoisotopic (exact) mass is 216 g/mol. The van der Waals surface area contributed by atoms with Gasteiger partial charge in [-0.05, 0) is 29.5 Å². The second-order valence-electron chi connectivity index (χ2n) is 4.23. The molecule has 1 N–H and O–H groups in total. The lowest BCUT2D eigenvalue weighted by atomic mass is 9.87. The largest absolute Gasteiger partial charge is 0.396 e. The Labute approximate surface area is 88.5 Å². The molecule has 0 saturated heterocycles. The van der Waals surface area contributed by atoms with E-state index in [4.69, 9.17) is 16.7 Å². The molecule has 1 aromatic carbocycles. The molecule has 0 aliphatic heterocycles. The highest BCUT2D eigenvalue weighted by molar-refractivity contribution is 6.31. The lowest BCUT2D eigenvalue weighted by Crippen LogP contribution is -2.19. The fourth-order valence-corrected chi connectivity index (χ4v) is 1.47. The highest BCUT2D eigenvalue weighted by Crippen LogP contribution is 2.26. The number of halogens is 2. The van der Waals surface area contributed by atoms with Crippen LogP contribution in [0.4, 0.5) is 4.39 Å². The quantitative estimate of drug-likeness (QED) is 0.824. The van der Waals surface area contributed by atoms with Gasteiger partial charge in [-0.1, -0.05) is 31.5 Å². The first-order chi connectivity index (χ1) is 6.44. The van der Waals surface area contributed by atoms with Crippen LogP contribution in [0.1, 0.15) is 19.4 Å². The van der Waals surface area contributed by atoms with Crippen molar-refractivity contribution in [3.8, 4) is 0 Å². The number of benzene rings is 1. The predicted octanol–water partition coefficient (Wildman–Crippen LogP) is 3.04. The Hall–Kier alpha value is -0.600. The van der Waals surface area contributed by atoms with Crippen LogP contribution < -0.4 is 0 Å². The third-order valence-electron chi connectivity index (χ3n) is 2.11. The zero-order valence-corrected chi connectivity index (χ0v) is 9.11. The molecule has 0 amide bonds. The SMILES string of the molecule is CC(C)(CO)Cc1ccc(F)cc1Cl. The second-order valence-corrected chi connectivity index (χ2v) is 4.64. The molecular weight excluding hydrogens is 203 g/mol. The summed E-state index contributed by atoms with van der Waals surface area (Å²) in [6, 6.07) is 4.34. The summed E-state index contributed by atoms with van der Waals surface area (Å²) in [5, 5.41) is 9.51. The van der Waals surface area contributed by atoms with E-state index in [1.807, 2.05) is 13.8 Å². The van der Waals surface area contributed by atoms with Crippen LogP contribution in [0.3, 0.4) is 0 Å². The van der Waals surface area contributed by atoms with E-state index in [2.05, 4.69) is 0 Å². The Morgan fingerprint density at radius 3 is 2.57 bits per heavy atom. The van der Waals surface area contributed by atoms with Gasteiger partial charge in [-0.25, -0.2) is 4.39 Å². The maximum absolute atomic E-state index is 12.7. The minimum Gasteiger partial charge on any atom is -0.396 e. The highest BCUT2D eigenvalue weighted by Gasteiger charge is 2.18. The second kappa shape index (κ2) is 4.28. The summed E-state index contributed by atoms with van der Waals surface area (Å²) in [4.78, 5) is 0. The van der Waals surface area contributed by atoms with E-state index in [1.165, 1.54) is 12.1 Å². The molecule has 0 unspecified atom stereocenters. The molecule has 0 saturated carbocycles. The van der Waals surface area contributed by atoms with Gasteiger partial charge in [0.05, 0.1) is 0 Å². The van der Waals surface area contributed by atoms with Gasteiger partial charge >= 0.3 is 0 Å². The van der Waals surface area contributed by atoms with Gasteiger partial charge < -0.3 is 5.11 Å². The fraction of sp³-hybridized carbons (Fsp3) is 0.455. The summed E-state index contributed by atoms with van der Waals surface area (Å²) < 4.78 is 12.7. The molecular formula is C11H14ClFO. The number of rotatable bonds is 3. The Balaban J connectivity index is 2.87. The van der Waals surface area contributed by atoms with Crippen LogP contribution in [0, 0.1) is 11.2 Å². The third-order valence-corrected chi connectivity index (χ3v) is 2.46. The fourth-order valence-electron chi connectivity index (χ4n) is 1.24. The Bertz CT molecular complexity index is 323. The topological polar surface area (TPSA) is 20.2 Å². The van der Waals surface area contributed by atoms with Crippen molar-refractivity contribution in [3.05, 3.63) is 34.6 Å². The minimum absolute atomic E-state index is 0.0840. The van der Waals surface area contributed by atoms with Gasteiger partial charge in [0.1, 0.15) is 5.82 Å². The van der Waals surface area contributed by atoms with Gasteiger partial charge in [0, 0.05) is 11.6 Å². The van der Waals surface area contributed by atoms with Crippen molar-refractivity contribution in [2.24, 2.45) is 5.41 Å². The van der Waals surface area contributed by atoms with Crippen LogP contribution in [0.25, 0.3) is 0 Å². The van der Waals surface area contributed by atoms with Gasteiger partial charge in [0.15, 0.2) is 0 Å². The van der Waals surface area contributed by atoms with E-state index in [0.717, 1.165) is 5.56 Å². The molecule has 0 spiro atoms. The first-order valence-corrected chi connectivity index (χ1v) is 4.87. The lowest BCUT2D eigenvalue weighted by molar-refractivity contribution is 0.159. The van der Waals surface area contributed by atoms with Crippen molar-refractivity contribution >= 4 is 11.6 Å². The summed E-state index contributed by atoms with van der Waals surface area (Å²) in [5.41, 5.74) is 0.647. The lowest BCUT2D eigenvalue weighted by Gasteiger charge is -2.22. The van der Waals surface area contributed by atoms with Crippen LogP contribution in [0.2, 0.25) is 5.02 Å². The molecule has 0 aliphatic rings. The molecule has 0 bridgehead atoms. The summed E-state index contributed by atoms with van der Waals surface area (Å²) in [6.07, 6.45) is 0.641. The van der Waals surface area contributed by atoms with Crippen LogP contribution in [-0.2, 0) is 6.42 Å². The molecule has 0 aromatic heterocycles. The van der Waals surface area contributed by atoms with Gasteiger partial charge in [-0.15, -0.1) is 0 Å². The van der Waals surface area contributed by atoms with E-state index < -0.39 is 0 Å². The van der Waals surface area contributed by atoms with Gasteiger partial charge in [-0.2, -0.15) is 0 Å². The molecule has 78 valence electrons. The zero-order chi connectivity index (χ0) is 10.8. The molecule has 3 heteroatoms. The van der Waals surface area contributed by atoms with E-state index in [0.29, 0.717) is 11.4 Å². The van der Waals surface area contributed by atoms with Crippen LogP contribution in [0.5, 0.6) is 0 Å². The summed E-state index contributed by atoms with van der Waals surface area (Å²) in [5.74, 6) is -0.333. The Morgan fingerprint density at radius 1 is 1.43 bits per heavy atom. The van der Waals surface area contributed by atoms with Crippen LogP contribution >= 0.6 is 11.6 Å². The number of aliphatic hydroxyl groups is 1.